The molecule has 1 N–H and O–H groups in total. The van der Waals surface area contributed by atoms with E-state index in [0.717, 1.165) is 25.7 Å². The maximum absolute atomic E-state index is 8.53. The van der Waals surface area contributed by atoms with Crippen LogP contribution in [0.3, 0.4) is 0 Å². The van der Waals surface area contributed by atoms with Crippen LogP contribution in [-0.2, 0) is 0 Å². The zero-order valence-corrected chi connectivity index (χ0v) is 8.55. The van der Waals surface area contributed by atoms with E-state index >= 15 is 0 Å². The van der Waals surface area contributed by atoms with E-state index in [1.165, 1.54) is 12.8 Å². The quantitative estimate of drug-likeness (QED) is 0.492. The zero-order chi connectivity index (χ0) is 9.78. The summed E-state index contributed by atoms with van der Waals surface area (Å²) in [4.78, 5) is 0. The number of hydrogen-bond donors (Lipinski definition) is 1. The van der Waals surface area contributed by atoms with Crippen LogP contribution in [-0.4, -0.2) is 11.7 Å². The van der Waals surface area contributed by atoms with Gasteiger partial charge in [-0.05, 0) is 25.3 Å². The molecule has 0 atom stereocenters. The molecule has 0 saturated heterocycles. The molecule has 74 valence electrons. The second-order valence-electron chi connectivity index (χ2n) is 3.00. The van der Waals surface area contributed by atoms with Crippen molar-refractivity contribution in [2.24, 2.45) is 0 Å². The van der Waals surface area contributed by atoms with E-state index < -0.39 is 0 Å². The van der Waals surface area contributed by atoms with Crippen LogP contribution < -0.4 is 0 Å². The molecule has 0 heterocycles. The van der Waals surface area contributed by atoms with Gasteiger partial charge in [0.05, 0.1) is 0 Å². The SMILES string of the molecule is CCC#C/C=C/CCCCCCO. The van der Waals surface area contributed by atoms with E-state index in [4.69, 9.17) is 5.11 Å². The fourth-order valence-electron chi connectivity index (χ4n) is 1.03. The number of hydrogen-bond acceptors (Lipinski definition) is 1. The van der Waals surface area contributed by atoms with Crippen molar-refractivity contribution in [1.29, 1.82) is 0 Å². The summed E-state index contributed by atoms with van der Waals surface area (Å²) < 4.78 is 0. The first-order valence-electron chi connectivity index (χ1n) is 5.16. The molecule has 0 amide bonds. The van der Waals surface area contributed by atoms with Crippen LogP contribution in [0.2, 0.25) is 0 Å². The lowest BCUT2D eigenvalue weighted by molar-refractivity contribution is 0.282. The van der Waals surface area contributed by atoms with Crippen LogP contribution in [0.1, 0.15) is 45.4 Å². The lowest BCUT2D eigenvalue weighted by Crippen LogP contribution is -1.82. The van der Waals surface area contributed by atoms with Crippen LogP contribution in [0.25, 0.3) is 0 Å². The van der Waals surface area contributed by atoms with Gasteiger partial charge in [0.25, 0.3) is 0 Å². The van der Waals surface area contributed by atoms with E-state index in [-0.39, 0.29) is 0 Å². The maximum Gasteiger partial charge on any atom is 0.0431 e. The number of aliphatic hydroxyl groups excluding tert-OH is 1. The summed E-state index contributed by atoms with van der Waals surface area (Å²) in [7, 11) is 0. The predicted molar refractivity (Wildman–Crippen MR) is 57.4 cm³/mol. The third kappa shape index (κ3) is 11.3. The van der Waals surface area contributed by atoms with Gasteiger partial charge in [0.15, 0.2) is 0 Å². The molecule has 1 nitrogen and oxygen atoms in total. The average molecular weight is 180 g/mol. The zero-order valence-electron chi connectivity index (χ0n) is 8.55. The van der Waals surface area contributed by atoms with E-state index in [0.29, 0.717) is 6.61 Å². The molecule has 0 saturated carbocycles. The van der Waals surface area contributed by atoms with E-state index in [9.17, 15) is 0 Å². The van der Waals surface area contributed by atoms with Crippen LogP contribution >= 0.6 is 0 Å². The molecule has 0 radical (unpaired) electrons. The van der Waals surface area contributed by atoms with Crippen molar-refractivity contribution in [3.63, 3.8) is 0 Å². The summed E-state index contributed by atoms with van der Waals surface area (Å²) in [5.74, 6) is 5.96. The van der Waals surface area contributed by atoms with Gasteiger partial charge in [-0.2, -0.15) is 0 Å². The van der Waals surface area contributed by atoms with Crippen molar-refractivity contribution < 1.29 is 5.11 Å². The largest absolute Gasteiger partial charge is 0.396 e. The first-order valence-corrected chi connectivity index (χ1v) is 5.16. The van der Waals surface area contributed by atoms with Crippen molar-refractivity contribution in [1.82, 2.24) is 0 Å². The van der Waals surface area contributed by atoms with Gasteiger partial charge in [-0.1, -0.05) is 37.7 Å². The molecule has 0 unspecified atom stereocenters. The third-order valence-corrected chi connectivity index (χ3v) is 1.76. The average Bonchev–Trinajstić information content (AvgIpc) is 2.16. The highest BCUT2D eigenvalue weighted by Gasteiger charge is 1.85. The minimum atomic E-state index is 0.331. The monoisotopic (exact) mass is 180 g/mol. The van der Waals surface area contributed by atoms with Crippen molar-refractivity contribution >= 4 is 0 Å². The van der Waals surface area contributed by atoms with Crippen molar-refractivity contribution in [2.45, 2.75) is 45.4 Å². The van der Waals surface area contributed by atoms with Crippen LogP contribution in [0.5, 0.6) is 0 Å². The summed E-state index contributed by atoms with van der Waals surface area (Å²) in [6.45, 7) is 2.38. The van der Waals surface area contributed by atoms with Crippen molar-refractivity contribution in [3.8, 4) is 11.8 Å². The Kier molecular flexibility index (Phi) is 10.6. The predicted octanol–water partition coefficient (Wildman–Crippen LogP) is 2.90. The van der Waals surface area contributed by atoms with Gasteiger partial charge < -0.3 is 5.11 Å². The fourth-order valence-corrected chi connectivity index (χ4v) is 1.03. The summed E-state index contributed by atoms with van der Waals surface area (Å²) in [5.41, 5.74) is 0. The second-order valence-corrected chi connectivity index (χ2v) is 3.00. The normalized spacial score (nSPS) is 10.0. The molecule has 0 aromatic rings. The third-order valence-electron chi connectivity index (χ3n) is 1.76. The summed E-state index contributed by atoms with van der Waals surface area (Å²) in [6, 6.07) is 0. The standard InChI is InChI=1S/C12H20O/c1-2-3-4-5-6-7-8-9-10-11-12-13/h5-6,13H,2,7-12H2,1H3/b6-5+. The molecule has 0 aromatic heterocycles. The van der Waals surface area contributed by atoms with Gasteiger partial charge in [-0.25, -0.2) is 0 Å². The Morgan fingerprint density at radius 3 is 2.62 bits per heavy atom. The van der Waals surface area contributed by atoms with Gasteiger partial charge in [-0.3, -0.25) is 0 Å². The highest BCUT2D eigenvalue weighted by molar-refractivity contribution is 5.14. The topological polar surface area (TPSA) is 20.2 Å². The molecule has 0 aliphatic rings. The van der Waals surface area contributed by atoms with Crippen molar-refractivity contribution in [3.05, 3.63) is 12.2 Å². The first-order chi connectivity index (χ1) is 6.41. The molecule has 0 aliphatic heterocycles. The molecule has 0 rings (SSSR count). The van der Waals surface area contributed by atoms with E-state index in [1.807, 2.05) is 6.08 Å². The highest BCUT2D eigenvalue weighted by Crippen LogP contribution is 2.02. The smallest absolute Gasteiger partial charge is 0.0431 e. The van der Waals surface area contributed by atoms with Gasteiger partial charge in [0.2, 0.25) is 0 Å². The molecule has 0 fully saturated rings. The Hall–Kier alpha value is -0.740. The second kappa shape index (κ2) is 11.3. The number of allylic oxidation sites excluding steroid dienone is 2. The van der Waals surface area contributed by atoms with Crippen LogP contribution in [0.4, 0.5) is 0 Å². The Bertz CT molecular complexity index is 171. The summed E-state index contributed by atoms with van der Waals surface area (Å²) in [6.07, 6.45) is 10.6. The molecule has 1 heteroatoms. The Morgan fingerprint density at radius 2 is 1.92 bits per heavy atom. The fraction of sp³-hybridized carbons (Fsp3) is 0.667. The Labute approximate surface area is 81.9 Å². The number of rotatable bonds is 6. The molecule has 0 aliphatic carbocycles. The lowest BCUT2D eigenvalue weighted by Gasteiger charge is -1.94. The molecular weight excluding hydrogens is 160 g/mol. The summed E-state index contributed by atoms with van der Waals surface area (Å²) >= 11 is 0. The lowest BCUT2D eigenvalue weighted by atomic mass is 10.1. The maximum atomic E-state index is 8.53. The van der Waals surface area contributed by atoms with Crippen molar-refractivity contribution in [2.75, 3.05) is 6.61 Å². The van der Waals surface area contributed by atoms with Gasteiger partial charge in [0, 0.05) is 13.0 Å². The molecule has 0 aromatic carbocycles. The summed E-state index contributed by atoms with van der Waals surface area (Å²) in [5, 5.41) is 8.53. The van der Waals surface area contributed by atoms with Gasteiger partial charge in [0.1, 0.15) is 0 Å². The molecule has 0 bridgehead atoms. The first kappa shape index (κ1) is 12.3. The highest BCUT2D eigenvalue weighted by atomic mass is 16.2. The molecular formula is C12H20O. The Morgan fingerprint density at radius 1 is 1.15 bits per heavy atom. The Balaban J connectivity index is 3.11. The molecule has 13 heavy (non-hydrogen) atoms. The van der Waals surface area contributed by atoms with E-state index in [1.54, 1.807) is 0 Å². The van der Waals surface area contributed by atoms with Gasteiger partial charge in [-0.15, -0.1) is 0 Å². The minimum Gasteiger partial charge on any atom is -0.396 e. The van der Waals surface area contributed by atoms with Gasteiger partial charge >= 0.3 is 0 Å². The minimum absolute atomic E-state index is 0.331. The number of aliphatic hydroxyl groups is 1. The number of unbranched alkanes of at least 4 members (excludes halogenated alkanes) is 4. The van der Waals surface area contributed by atoms with Crippen LogP contribution in [0.15, 0.2) is 12.2 Å². The van der Waals surface area contributed by atoms with Crippen LogP contribution in [0, 0.1) is 11.8 Å². The van der Waals surface area contributed by atoms with E-state index in [2.05, 4.69) is 24.8 Å². The molecule has 0 spiro atoms.